The fourth-order valence-electron chi connectivity index (χ4n) is 2.39. The van der Waals surface area contributed by atoms with Crippen LogP contribution >= 0.6 is 11.3 Å². The van der Waals surface area contributed by atoms with E-state index in [4.69, 9.17) is 4.74 Å². The van der Waals surface area contributed by atoms with E-state index in [2.05, 4.69) is 5.32 Å². The van der Waals surface area contributed by atoms with Gasteiger partial charge < -0.3 is 15.2 Å². The molecule has 0 amide bonds. The molecular weight excluding hydrogens is 222 g/mol. The van der Waals surface area contributed by atoms with Gasteiger partial charge in [-0.3, -0.25) is 0 Å². The lowest BCUT2D eigenvalue weighted by molar-refractivity contribution is 0.205. The molecule has 2 N–H and O–H groups in total. The smallest absolute Gasteiger partial charge is 0.134 e. The van der Waals surface area contributed by atoms with Crippen molar-refractivity contribution >= 4 is 11.3 Å². The van der Waals surface area contributed by atoms with Gasteiger partial charge in [0.2, 0.25) is 0 Å². The Morgan fingerprint density at radius 3 is 3.19 bits per heavy atom. The van der Waals surface area contributed by atoms with Crippen LogP contribution in [-0.4, -0.2) is 24.9 Å². The average molecular weight is 241 g/mol. The fourth-order valence-corrected chi connectivity index (χ4v) is 3.18. The fraction of sp³-hybridized carbons (Fsp3) is 0.667. The van der Waals surface area contributed by atoms with Gasteiger partial charge >= 0.3 is 0 Å². The van der Waals surface area contributed by atoms with Crippen molar-refractivity contribution in [2.24, 2.45) is 5.92 Å². The van der Waals surface area contributed by atoms with Crippen molar-refractivity contribution in [2.45, 2.75) is 31.8 Å². The third-order valence-corrected chi connectivity index (χ3v) is 4.25. The zero-order valence-corrected chi connectivity index (χ0v) is 10.4. The van der Waals surface area contributed by atoms with Gasteiger partial charge in [-0.25, -0.2) is 0 Å². The maximum absolute atomic E-state index is 9.23. The van der Waals surface area contributed by atoms with Crippen LogP contribution in [-0.2, 0) is 6.54 Å². The van der Waals surface area contributed by atoms with Crippen molar-refractivity contribution in [3.63, 3.8) is 0 Å². The summed E-state index contributed by atoms with van der Waals surface area (Å²) in [5.74, 6) is 1.40. The molecule has 0 bridgehead atoms. The maximum Gasteiger partial charge on any atom is 0.134 e. The Labute approximate surface area is 100 Å². The van der Waals surface area contributed by atoms with Crippen LogP contribution in [0.3, 0.4) is 0 Å². The molecule has 1 aliphatic rings. The van der Waals surface area contributed by atoms with E-state index in [0.717, 1.165) is 18.7 Å². The number of rotatable bonds is 5. The van der Waals surface area contributed by atoms with Crippen LogP contribution in [0.15, 0.2) is 11.4 Å². The summed E-state index contributed by atoms with van der Waals surface area (Å²) in [6.45, 7) is 1.15. The lowest BCUT2D eigenvalue weighted by atomic mass is 10.1. The summed E-state index contributed by atoms with van der Waals surface area (Å²) >= 11 is 1.72. The van der Waals surface area contributed by atoms with Gasteiger partial charge in [0.15, 0.2) is 0 Å². The van der Waals surface area contributed by atoms with E-state index in [9.17, 15) is 5.11 Å². The third kappa shape index (κ3) is 2.56. The van der Waals surface area contributed by atoms with Crippen molar-refractivity contribution in [3.8, 4) is 5.75 Å². The predicted octanol–water partition coefficient (Wildman–Crippen LogP) is 2.01. The molecular formula is C12H19NO2S. The van der Waals surface area contributed by atoms with Crippen LogP contribution < -0.4 is 10.1 Å². The van der Waals surface area contributed by atoms with Gasteiger partial charge in [-0.05, 0) is 30.2 Å². The maximum atomic E-state index is 9.23. The number of ether oxygens (including phenoxy) is 1. The molecule has 2 rings (SSSR count). The number of methoxy groups -OCH3 is 1. The van der Waals surface area contributed by atoms with Gasteiger partial charge in [0.25, 0.3) is 0 Å². The van der Waals surface area contributed by atoms with Crippen molar-refractivity contribution in [1.82, 2.24) is 5.32 Å². The number of thiophene rings is 1. The van der Waals surface area contributed by atoms with Gasteiger partial charge in [0.05, 0.1) is 12.0 Å². The predicted molar refractivity (Wildman–Crippen MR) is 65.9 cm³/mol. The van der Waals surface area contributed by atoms with Crippen molar-refractivity contribution in [1.29, 1.82) is 0 Å². The van der Waals surface area contributed by atoms with Crippen LogP contribution in [0.4, 0.5) is 0 Å². The van der Waals surface area contributed by atoms with Crippen LogP contribution in [0.2, 0.25) is 0 Å². The van der Waals surface area contributed by atoms with Crippen LogP contribution in [0.5, 0.6) is 5.75 Å². The summed E-state index contributed by atoms with van der Waals surface area (Å²) in [7, 11) is 1.71. The minimum absolute atomic E-state index is 0.305. The number of nitrogens with one attached hydrogen (secondary N) is 1. The quantitative estimate of drug-likeness (QED) is 0.828. The number of aliphatic hydroxyl groups is 1. The summed E-state index contributed by atoms with van der Waals surface area (Å²) in [5.41, 5.74) is 0. The second-order valence-corrected chi connectivity index (χ2v) is 5.27. The van der Waals surface area contributed by atoms with Crippen molar-refractivity contribution in [2.75, 3.05) is 13.7 Å². The van der Waals surface area contributed by atoms with Crippen molar-refractivity contribution in [3.05, 3.63) is 16.3 Å². The molecule has 1 saturated carbocycles. The summed E-state index contributed by atoms with van der Waals surface area (Å²) in [6.07, 6.45) is 3.55. The molecule has 0 spiro atoms. The third-order valence-electron chi connectivity index (χ3n) is 3.34. The van der Waals surface area contributed by atoms with Crippen LogP contribution in [0, 0.1) is 5.92 Å². The Bertz CT molecular complexity index is 327. The van der Waals surface area contributed by atoms with Crippen LogP contribution in [0.25, 0.3) is 0 Å². The first-order valence-corrected chi connectivity index (χ1v) is 6.67. The molecule has 0 radical (unpaired) electrons. The highest BCUT2D eigenvalue weighted by Crippen LogP contribution is 2.28. The Morgan fingerprint density at radius 2 is 2.44 bits per heavy atom. The minimum atomic E-state index is 0.305. The van der Waals surface area contributed by atoms with E-state index in [1.807, 2.05) is 11.4 Å². The molecule has 16 heavy (non-hydrogen) atoms. The van der Waals surface area contributed by atoms with E-state index in [-0.39, 0.29) is 0 Å². The van der Waals surface area contributed by atoms with Gasteiger partial charge in [-0.15, -0.1) is 11.3 Å². The van der Waals surface area contributed by atoms with E-state index in [0.29, 0.717) is 18.6 Å². The molecule has 2 unspecified atom stereocenters. The van der Waals surface area contributed by atoms with Crippen molar-refractivity contribution < 1.29 is 9.84 Å². The molecule has 1 aromatic heterocycles. The number of hydrogen-bond acceptors (Lipinski definition) is 4. The largest absolute Gasteiger partial charge is 0.496 e. The van der Waals surface area contributed by atoms with Gasteiger partial charge in [0.1, 0.15) is 5.75 Å². The van der Waals surface area contributed by atoms with E-state index >= 15 is 0 Å². The summed E-state index contributed by atoms with van der Waals surface area (Å²) < 4.78 is 5.27. The SMILES string of the molecule is COc1ccsc1CNC1CCCC1CO. The highest BCUT2D eigenvalue weighted by atomic mass is 32.1. The average Bonchev–Trinajstić information content (AvgIpc) is 2.94. The zero-order valence-electron chi connectivity index (χ0n) is 9.61. The van der Waals surface area contributed by atoms with Gasteiger partial charge in [-0.2, -0.15) is 0 Å². The molecule has 2 atom stereocenters. The highest BCUT2D eigenvalue weighted by molar-refractivity contribution is 7.10. The van der Waals surface area contributed by atoms with Gasteiger partial charge in [0, 0.05) is 19.2 Å². The normalized spacial score (nSPS) is 24.9. The molecule has 3 nitrogen and oxygen atoms in total. The Hall–Kier alpha value is -0.580. The standard InChI is InChI=1S/C12H19NO2S/c1-15-11-5-6-16-12(11)7-13-10-4-2-3-9(10)8-14/h5-6,9-10,13-14H,2-4,7-8H2,1H3. The lowest BCUT2D eigenvalue weighted by Crippen LogP contribution is -2.33. The van der Waals surface area contributed by atoms with Crippen LogP contribution in [0.1, 0.15) is 24.1 Å². The molecule has 0 saturated heterocycles. The Balaban J connectivity index is 1.87. The molecule has 1 aliphatic carbocycles. The molecule has 0 aromatic carbocycles. The second-order valence-electron chi connectivity index (χ2n) is 4.27. The molecule has 1 fully saturated rings. The minimum Gasteiger partial charge on any atom is -0.496 e. The summed E-state index contributed by atoms with van der Waals surface area (Å²) in [5, 5.41) is 14.8. The molecule has 1 heterocycles. The first-order valence-electron chi connectivity index (χ1n) is 5.79. The zero-order chi connectivity index (χ0) is 11.4. The molecule has 4 heteroatoms. The first-order chi connectivity index (χ1) is 7.85. The lowest BCUT2D eigenvalue weighted by Gasteiger charge is -2.18. The van der Waals surface area contributed by atoms with E-state index in [1.54, 1.807) is 18.4 Å². The Morgan fingerprint density at radius 1 is 1.56 bits per heavy atom. The van der Waals surface area contributed by atoms with E-state index in [1.165, 1.54) is 17.7 Å². The Kier molecular flexibility index (Phi) is 4.21. The number of aliphatic hydroxyl groups excluding tert-OH is 1. The topological polar surface area (TPSA) is 41.5 Å². The van der Waals surface area contributed by atoms with E-state index < -0.39 is 0 Å². The summed E-state index contributed by atoms with van der Waals surface area (Å²) in [4.78, 5) is 1.24. The number of hydrogen-bond donors (Lipinski definition) is 2. The molecule has 1 aromatic rings. The van der Waals surface area contributed by atoms with Gasteiger partial charge in [-0.1, -0.05) is 6.42 Å². The monoisotopic (exact) mass is 241 g/mol. The summed E-state index contributed by atoms with van der Waals surface area (Å²) in [6, 6.07) is 2.47. The second kappa shape index (κ2) is 5.66. The first kappa shape index (κ1) is 11.9. The molecule has 0 aliphatic heterocycles. The highest BCUT2D eigenvalue weighted by Gasteiger charge is 2.26. The molecule has 90 valence electrons.